The predicted molar refractivity (Wildman–Crippen MR) is 105 cm³/mol. The Hall–Kier alpha value is -3.26. The Balaban J connectivity index is 1.47. The summed E-state index contributed by atoms with van der Waals surface area (Å²) in [5.41, 5.74) is 2.15. The van der Waals surface area contributed by atoms with Gasteiger partial charge in [-0.05, 0) is 46.8 Å². The number of amides is 2. The van der Waals surface area contributed by atoms with Gasteiger partial charge in [0.15, 0.2) is 5.82 Å². The summed E-state index contributed by atoms with van der Waals surface area (Å²) in [6, 6.07) is 14.3. The summed E-state index contributed by atoms with van der Waals surface area (Å²) in [5, 5.41) is 14.9. The van der Waals surface area contributed by atoms with Crippen molar-refractivity contribution in [3.05, 3.63) is 53.6 Å². The number of aromatic nitrogens is 4. The van der Waals surface area contributed by atoms with E-state index >= 15 is 0 Å². The Morgan fingerprint density at radius 2 is 2.00 bits per heavy atom. The molecule has 1 saturated heterocycles. The Morgan fingerprint density at radius 3 is 2.71 bits per heavy atom. The Bertz CT molecular complexity index is 1030. The highest BCUT2D eigenvalue weighted by Gasteiger charge is 2.35. The molecule has 2 aromatic carbocycles. The summed E-state index contributed by atoms with van der Waals surface area (Å²) in [7, 11) is 1.75. The number of aryl methyl sites for hydroxylation is 1. The molecule has 1 fully saturated rings. The Morgan fingerprint density at radius 1 is 1.21 bits per heavy atom. The number of tetrazole rings is 1. The molecule has 1 aromatic heterocycles. The van der Waals surface area contributed by atoms with Gasteiger partial charge in [0.2, 0.25) is 11.8 Å². The first-order chi connectivity index (χ1) is 13.5. The van der Waals surface area contributed by atoms with Crippen molar-refractivity contribution < 1.29 is 9.59 Å². The van der Waals surface area contributed by atoms with Crippen LogP contribution in [0, 0.1) is 5.92 Å². The van der Waals surface area contributed by atoms with E-state index in [1.807, 2.05) is 12.1 Å². The van der Waals surface area contributed by atoms with E-state index in [1.165, 1.54) is 0 Å². The van der Waals surface area contributed by atoms with Crippen LogP contribution in [0.4, 0.5) is 11.4 Å². The number of carbonyl (C=O) groups excluding carboxylic acids is 2. The molecular weight excluding hydrogens is 380 g/mol. The molecule has 0 bridgehead atoms. The predicted octanol–water partition coefficient (Wildman–Crippen LogP) is 2.52. The smallest absolute Gasteiger partial charge is 0.229 e. The minimum Gasteiger partial charge on any atom is -0.326 e. The maximum absolute atomic E-state index is 12.7. The molecular formula is C19H17ClN6O2. The molecule has 8 nitrogen and oxygen atoms in total. The lowest BCUT2D eigenvalue weighted by molar-refractivity contribution is -0.122. The van der Waals surface area contributed by atoms with Crippen molar-refractivity contribution in [1.82, 2.24) is 20.2 Å². The zero-order valence-corrected chi connectivity index (χ0v) is 15.8. The normalized spacial score (nSPS) is 16.4. The maximum atomic E-state index is 12.7. The van der Waals surface area contributed by atoms with E-state index in [9.17, 15) is 9.59 Å². The van der Waals surface area contributed by atoms with E-state index in [2.05, 4.69) is 20.8 Å². The number of nitrogens with zero attached hydrogens (tertiary/aromatic N) is 5. The van der Waals surface area contributed by atoms with Crippen molar-refractivity contribution in [1.29, 1.82) is 0 Å². The highest BCUT2D eigenvalue weighted by molar-refractivity contribution is 6.30. The van der Waals surface area contributed by atoms with Crippen LogP contribution in [-0.2, 0) is 16.6 Å². The van der Waals surface area contributed by atoms with Gasteiger partial charge in [-0.25, -0.2) is 4.68 Å². The molecule has 28 heavy (non-hydrogen) atoms. The number of nitrogens with one attached hydrogen (secondary N) is 1. The Kier molecular flexibility index (Phi) is 4.79. The molecule has 4 rings (SSSR count). The molecule has 1 atom stereocenters. The van der Waals surface area contributed by atoms with Crippen LogP contribution in [0.3, 0.4) is 0 Å². The maximum Gasteiger partial charge on any atom is 0.229 e. The molecule has 0 aliphatic carbocycles. The number of rotatable bonds is 4. The zero-order valence-electron chi connectivity index (χ0n) is 15.0. The quantitative estimate of drug-likeness (QED) is 0.731. The number of anilines is 2. The van der Waals surface area contributed by atoms with Crippen LogP contribution >= 0.6 is 11.6 Å². The molecule has 2 amide bonds. The monoisotopic (exact) mass is 396 g/mol. The molecule has 1 N–H and O–H groups in total. The van der Waals surface area contributed by atoms with Gasteiger partial charge in [0.1, 0.15) is 0 Å². The molecule has 0 spiro atoms. The largest absolute Gasteiger partial charge is 0.326 e. The highest BCUT2D eigenvalue weighted by atomic mass is 35.5. The van der Waals surface area contributed by atoms with Gasteiger partial charge in [-0.1, -0.05) is 23.7 Å². The number of carbonyl (C=O) groups is 2. The summed E-state index contributed by atoms with van der Waals surface area (Å²) < 4.78 is 1.56. The van der Waals surface area contributed by atoms with Crippen LogP contribution in [0.15, 0.2) is 48.5 Å². The molecule has 1 aliphatic rings. The third kappa shape index (κ3) is 3.59. The fraction of sp³-hybridized carbons (Fsp3) is 0.211. The van der Waals surface area contributed by atoms with E-state index in [0.717, 1.165) is 11.3 Å². The second kappa shape index (κ2) is 7.40. The van der Waals surface area contributed by atoms with E-state index in [1.54, 1.807) is 53.0 Å². The lowest BCUT2D eigenvalue weighted by atomic mass is 10.1. The molecule has 142 valence electrons. The van der Waals surface area contributed by atoms with Crippen molar-refractivity contribution in [3.8, 4) is 11.4 Å². The third-order valence-electron chi connectivity index (χ3n) is 4.64. The van der Waals surface area contributed by atoms with E-state index < -0.39 is 5.92 Å². The SMILES string of the molecule is Cn1nnnc1-c1cccc(NC(=O)C2CC(=O)N(c3ccc(Cl)cc3)C2)c1. The first-order valence-electron chi connectivity index (χ1n) is 8.71. The second-order valence-electron chi connectivity index (χ2n) is 6.58. The molecule has 3 aromatic rings. The first-order valence-corrected chi connectivity index (χ1v) is 9.08. The molecule has 9 heteroatoms. The summed E-state index contributed by atoms with van der Waals surface area (Å²) in [5.74, 6) is -0.108. The van der Waals surface area contributed by atoms with Gasteiger partial charge >= 0.3 is 0 Å². The van der Waals surface area contributed by atoms with Crippen LogP contribution in [0.25, 0.3) is 11.4 Å². The molecule has 0 radical (unpaired) electrons. The number of benzene rings is 2. The zero-order chi connectivity index (χ0) is 19.7. The standard InChI is InChI=1S/C19H17ClN6O2/c1-25-18(22-23-24-25)12-3-2-4-15(9-12)21-19(28)13-10-17(27)26(11-13)16-7-5-14(20)6-8-16/h2-9,13H,10-11H2,1H3,(H,21,28). The first kappa shape index (κ1) is 18.1. The molecule has 2 heterocycles. The van der Waals surface area contributed by atoms with Gasteiger partial charge in [0.05, 0.1) is 5.92 Å². The Labute approximate surface area is 166 Å². The van der Waals surface area contributed by atoms with Crippen molar-refractivity contribution in [2.24, 2.45) is 13.0 Å². The lowest BCUT2D eigenvalue weighted by Crippen LogP contribution is -2.28. The summed E-state index contributed by atoms with van der Waals surface area (Å²) >= 11 is 5.90. The van der Waals surface area contributed by atoms with Gasteiger partial charge in [-0.2, -0.15) is 0 Å². The minimum absolute atomic E-state index is 0.0821. The summed E-state index contributed by atoms with van der Waals surface area (Å²) in [4.78, 5) is 26.7. The number of hydrogen-bond acceptors (Lipinski definition) is 5. The minimum atomic E-state index is -0.427. The average molecular weight is 397 g/mol. The third-order valence-corrected chi connectivity index (χ3v) is 4.89. The van der Waals surface area contributed by atoms with Crippen molar-refractivity contribution in [3.63, 3.8) is 0 Å². The van der Waals surface area contributed by atoms with Crippen LogP contribution < -0.4 is 10.2 Å². The van der Waals surface area contributed by atoms with E-state index in [-0.39, 0.29) is 18.2 Å². The lowest BCUT2D eigenvalue weighted by Gasteiger charge is -2.17. The fourth-order valence-corrected chi connectivity index (χ4v) is 3.33. The molecule has 1 unspecified atom stereocenters. The fourth-order valence-electron chi connectivity index (χ4n) is 3.21. The van der Waals surface area contributed by atoms with Crippen LogP contribution in [-0.4, -0.2) is 38.6 Å². The summed E-state index contributed by atoms with van der Waals surface area (Å²) in [6.07, 6.45) is 0.168. The van der Waals surface area contributed by atoms with Crippen molar-refractivity contribution >= 4 is 34.8 Å². The average Bonchev–Trinajstić information content (AvgIpc) is 3.28. The number of halogens is 1. The van der Waals surface area contributed by atoms with E-state index in [0.29, 0.717) is 23.1 Å². The summed E-state index contributed by atoms with van der Waals surface area (Å²) in [6.45, 7) is 0.333. The number of hydrogen-bond donors (Lipinski definition) is 1. The molecule has 0 saturated carbocycles. The van der Waals surface area contributed by atoms with Crippen LogP contribution in [0.5, 0.6) is 0 Å². The van der Waals surface area contributed by atoms with Gasteiger partial charge in [0.25, 0.3) is 0 Å². The van der Waals surface area contributed by atoms with Crippen molar-refractivity contribution in [2.75, 3.05) is 16.8 Å². The second-order valence-corrected chi connectivity index (χ2v) is 7.01. The topological polar surface area (TPSA) is 93.0 Å². The van der Waals surface area contributed by atoms with Crippen LogP contribution in [0.1, 0.15) is 6.42 Å². The van der Waals surface area contributed by atoms with Crippen LogP contribution in [0.2, 0.25) is 5.02 Å². The highest BCUT2D eigenvalue weighted by Crippen LogP contribution is 2.27. The van der Waals surface area contributed by atoms with Crippen molar-refractivity contribution in [2.45, 2.75) is 6.42 Å². The van der Waals surface area contributed by atoms with E-state index in [4.69, 9.17) is 11.6 Å². The van der Waals surface area contributed by atoms with Gasteiger partial charge in [0, 0.05) is 42.0 Å². The van der Waals surface area contributed by atoms with Gasteiger partial charge in [-0.3, -0.25) is 9.59 Å². The van der Waals surface area contributed by atoms with Gasteiger partial charge < -0.3 is 10.2 Å². The van der Waals surface area contributed by atoms with Gasteiger partial charge in [-0.15, -0.1) is 5.10 Å². The molecule has 1 aliphatic heterocycles.